The van der Waals surface area contributed by atoms with Crippen molar-refractivity contribution in [3.05, 3.63) is 0 Å². The minimum absolute atomic E-state index is 0.145. The highest BCUT2D eigenvalue weighted by Gasteiger charge is 2.40. The first-order valence-electron chi connectivity index (χ1n) is 6.17. The number of hydrogen-bond acceptors (Lipinski definition) is 2. The zero-order valence-corrected chi connectivity index (χ0v) is 10.1. The lowest BCUT2D eigenvalue weighted by Crippen LogP contribution is -2.40. The van der Waals surface area contributed by atoms with E-state index in [1.807, 2.05) is 0 Å². The second-order valence-electron chi connectivity index (χ2n) is 4.77. The van der Waals surface area contributed by atoms with E-state index in [-0.39, 0.29) is 12.6 Å². The minimum Gasteiger partial charge on any atom is -0.312 e. The first kappa shape index (κ1) is 14.3. The second-order valence-corrected chi connectivity index (χ2v) is 4.77. The molecule has 1 rings (SSSR count). The van der Waals surface area contributed by atoms with Crippen LogP contribution in [-0.4, -0.2) is 18.8 Å². The molecule has 0 bridgehead atoms. The quantitative estimate of drug-likeness (QED) is 0.829. The van der Waals surface area contributed by atoms with Gasteiger partial charge in [0.15, 0.2) is 5.92 Å². The summed E-state index contributed by atoms with van der Waals surface area (Å²) >= 11 is 0. The van der Waals surface area contributed by atoms with Gasteiger partial charge in [-0.15, -0.1) is 0 Å². The van der Waals surface area contributed by atoms with Crippen LogP contribution in [0.5, 0.6) is 0 Å². The zero-order valence-electron chi connectivity index (χ0n) is 10.1. The maximum absolute atomic E-state index is 12.4. The fourth-order valence-electron chi connectivity index (χ4n) is 2.37. The number of halogens is 3. The number of hydrogen-bond donors (Lipinski definition) is 1. The van der Waals surface area contributed by atoms with Gasteiger partial charge in [-0.1, -0.05) is 26.2 Å². The first-order chi connectivity index (χ1) is 7.97. The van der Waals surface area contributed by atoms with Crippen LogP contribution in [0.15, 0.2) is 0 Å². The highest BCUT2D eigenvalue weighted by Crippen LogP contribution is 2.28. The SMILES string of the molecule is CCC1CCCC(NCC(C#N)C(F)(F)F)C1. The monoisotopic (exact) mass is 248 g/mol. The summed E-state index contributed by atoms with van der Waals surface area (Å²) in [6, 6.07) is 1.46. The molecule has 98 valence electrons. The zero-order chi connectivity index (χ0) is 12.9. The molecule has 1 aliphatic rings. The Labute approximate surface area is 100 Å². The molecule has 0 aromatic carbocycles. The molecule has 1 aliphatic carbocycles. The Kier molecular flexibility index (Phi) is 5.26. The van der Waals surface area contributed by atoms with Gasteiger partial charge in [0.05, 0.1) is 6.07 Å². The number of rotatable bonds is 4. The van der Waals surface area contributed by atoms with Gasteiger partial charge in [-0.05, 0) is 18.8 Å². The van der Waals surface area contributed by atoms with Gasteiger partial charge in [0.1, 0.15) is 0 Å². The van der Waals surface area contributed by atoms with Crippen molar-refractivity contribution in [1.82, 2.24) is 5.32 Å². The lowest BCUT2D eigenvalue weighted by molar-refractivity contribution is -0.158. The summed E-state index contributed by atoms with van der Waals surface area (Å²) in [7, 11) is 0. The summed E-state index contributed by atoms with van der Waals surface area (Å²) in [6.45, 7) is 1.84. The molecule has 0 saturated heterocycles. The lowest BCUT2D eigenvalue weighted by atomic mass is 9.84. The summed E-state index contributed by atoms with van der Waals surface area (Å²) in [5.41, 5.74) is 0. The Morgan fingerprint density at radius 3 is 2.65 bits per heavy atom. The van der Waals surface area contributed by atoms with Crippen molar-refractivity contribution in [2.75, 3.05) is 6.54 Å². The molecule has 5 heteroatoms. The van der Waals surface area contributed by atoms with Gasteiger partial charge in [0.25, 0.3) is 0 Å². The maximum Gasteiger partial charge on any atom is 0.405 e. The minimum atomic E-state index is -4.42. The number of nitriles is 1. The molecule has 3 atom stereocenters. The van der Waals surface area contributed by atoms with Gasteiger partial charge >= 0.3 is 6.18 Å². The molecule has 1 N–H and O–H groups in total. The molecule has 17 heavy (non-hydrogen) atoms. The largest absolute Gasteiger partial charge is 0.405 e. The summed E-state index contributed by atoms with van der Waals surface area (Å²) in [5.74, 6) is -1.27. The molecule has 0 radical (unpaired) electrons. The third kappa shape index (κ3) is 4.55. The van der Waals surface area contributed by atoms with E-state index in [1.54, 1.807) is 0 Å². The number of alkyl halides is 3. The molecule has 0 aromatic heterocycles. The van der Waals surface area contributed by atoms with E-state index >= 15 is 0 Å². The molecule has 0 heterocycles. The van der Waals surface area contributed by atoms with Crippen LogP contribution < -0.4 is 5.32 Å². The Morgan fingerprint density at radius 2 is 2.12 bits per heavy atom. The third-order valence-electron chi connectivity index (χ3n) is 3.52. The predicted molar refractivity (Wildman–Crippen MR) is 59.2 cm³/mol. The van der Waals surface area contributed by atoms with Crippen LogP contribution in [0.1, 0.15) is 39.0 Å². The highest BCUT2D eigenvalue weighted by molar-refractivity contribution is 4.91. The van der Waals surface area contributed by atoms with Gasteiger partial charge in [0, 0.05) is 12.6 Å². The van der Waals surface area contributed by atoms with Crippen molar-refractivity contribution in [2.45, 2.75) is 51.2 Å². The van der Waals surface area contributed by atoms with Gasteiger partial charge < -0.3 is 5.32 Å². The van der Waals surface area contributed by atoms with Gasteiger partial charge in [-0.2, -0.15) is 18.4 Å². The summed E-state index contributed by atoms with van der Waals surface area (Å²) in [4.78, 5) is 0. The molecule has 1 saturated carbocycles. The molecular formula is C12H19F3N2. The molecule has 1 fully saturated rings. The van der Waals surface area contributed by atoms with E-state index in [0.717, 1.165) is 25.7 Å². The van der Waals surface area contributed by atoms with Crippen molar-refractivity contribution in [3.8, 4) is 6.07 Å². The molecule has 2 nitrogen and oxygen atoms in total. The van der Waals surface area contributed by atoms with Crippen LogP contribution in [0.2, 0.25) is 0 Å². The summed E-state index contributed by atoms with van der Waals surface area (Å²) in [5, 5.41) is 11.4. The highest BCUT2D eigenvalue weighted by atomic mass is 19.4. The molecular weight excluding hydrogens is 229 g/mol. The van der Waals surface area contributed by atoms with Crippen LogP contribution in [0.4, 0.5) is 13.2 Å². The van der Waals surface area contributed by atoms with E-state index in [2.05, 4.69) is 12.2 Å². The Morgan fingerprint density at radius 1 is 1.41 bits per heavy atom. The fourth-order valence-corrected chi connectivity index (χ4v) is 2.37. The van der Waals surface area contributed by atoms with Crippen LogP contribution in [0.25, 0.3) is 0 Å². The summed E-state index contributed by atoms with van der Waals surface area (Å²) in [6.07, 6.45) is 0.772. The van der Waals surface area contributed by atoms with Crippen molar-refractivity contribution in [3.63, 3.8) is 0 Å². The van der Waals surface area contributed by atoms with Crippen LogP contribution >= 0.6 is 0 Å². The molecule has 0 aromatic rings. The van der Waals surface area contributed by atoms with Crippen molar-refractivity contribution >= 4 is 0 Å². The van der Waals surface area contributed by atoms with Crippen molar-refractivity contribution in [1.29, 1.82) is 5.26 Å². The van der Waals surface area contributed by atoms with Crippen molar-refractivity contribution in [2.24, 2.45) is 11.8 Å². The standard InChI is InChI=1S/C12H19F3N2/c1-2-9-4-3-5-11(6-9)17-8-10(7-16)12(13,14)15/h9-11,17H,2-6,8H2,1H3. The van der Waals surface area contributed by atoms with E-state index in [9.17, 15) is 13.2 Å². The average molecular weight is 248 g/mol. The number of nitrogens with one attached hydrogen (secondary N) is 1. The van der Waals surface area contributed by atoms with E-state index in [0.29, 0.717) is 5.92 Å². The van der Waals surface area contributed by atoms with Crippen LogP contribution in [-0.2, 0) is 0 Å². The maximum atomic E-state index is 12.4. The average Bonchev–Trinajstić information content (AvgIpc) is 2.28. The molecule has 0 spiro atoms. The Balaban J connectivity index is 2.37. The fraction of sp³-hybridized carbons (Fsp3) is 0.917. The Hall–Kier alpha value is -0.760. The first-order valence-corrected chi connectivity index (χ1v) is 6.17. The van der Waals surface area contributed by atoms with E-state index < -0.39 is 12.1 Å². The van der Waals surface area contributed by atoms with E-state index in [4.69, 9.17) is 5.26 Å². The Bertz CT molecular complexity index is 270. The van der Waals surface area contributed by atoms with Crippen LogP contribution in [0.3, 0.4) is 0 Å². The van der Waals surface area contributed by atoms with E-state index in [1.165, 1.54) is 12.5 Å². The lowest BCUT2D eigenvalue weighted by Gasteiger charge is -2.30. The number of nitrogens with zero attached hydrogens (tertiary/aromatic N) is 1. The van der Waals surface area contributed by atoms with Gasteiger partial charge in [-0.25, -0.2) is 0 Å². The topological polar surface area (TPSA) is 35.8 Å². The van der Waals surface area contributed by atoms with Gasteiger partial charge in [-0.3, -0.25) is 0 Å². The predicted octanol–water partition coefficient (Wildman–Crippen LogP) is 3.25. The molecule has 0 amide bonds. The van der Waals surface area contributed by atoms with Crippen molar-refractivity contribution < 1.29 is 13.2 Å². The normalized spacial score (nSPS) is 27.5. The summed E-state index contributed by atoms with van der Waals surface area (Å²) < 4.78 is 37.1. The third-order valence-corrected chi connectivity index (χ3v) is 3.52. The smallest absolute Gasteiger partial charge is 0.312 e. The molecule has 0 aliphatic heterocycles. The van der Waals surface area contributed by atoms with Crippen LogP contribution in [0, 0.1) is 23.2 Å². The molecule has 3 unspecified atom stereocenters. The second kappa shape index (κ2) is 6.25. The van der Waals surface area contributed by atoms with Gasteiger partial charge in [0.2, 0.25) is 0 Å².